The first kappa shape index (κ1) is 12.3. The highest BCUT2D eigenvalue weighted by Gasteiger charge is 2.05. The highest BCUT2D eigenvalue weighted by molar-refractivity contribution is 5.76. The molecule has 0 fully saturated rings. The van der Waals surface area contributed by atoms with Crippen LogP contribution in [0, 0.1) is 13.8 Å². The van der Waals surface area contributed by atoms with E-state index in [4.69, 9.17) is 4.74 Å². The molecule has 1 aromatic rings. The predicted molar refractivity (Wildman–Crippen MR) is 65.9 cm³/mol. The Morgan fingerprint density at radius 3 is 2.44 bits per heavy atom. The van der Waals surface area contributed by atoms with Gasteiger partial charge in [-0.15, -0.1) is 0 Å². The molecule has 0 aliphatic rings. The summed E-state index contributed by atoms with van der Waals surface area (Å²) in [5, 5.41) is 2.68. The van der Waals surface area contributed by atoms with Crippen molar-refractivity contribution < 1.29 is 9.53 Å². The fourth-order valence-electron chi connectivity index (χ4n) is 1.50. The summed E-state index contributed by atoms with van der Waals surface area (Å²) < 4.78 is 5.55. The number of rotatable bonds is 5. The van der Waals surface area contributed by atoms with Gasteiger partial charge in [-0.05, 0) is 49.6 Å². The van der Waals surface area contributed by atoms with E-state index in [2.05, 4.69) is 11.9 Å². The maximum absolute atomic E-state index is 10.4. The molecule has 0 aliphatic carbocycles. The van der Waals surface area contributed by atoms with Crippen LogP contribution in [0.15, 0.2) is 24.3 Å². The van der Waals surface area contributed by atoms with E-state index in [0.29, 0.717) is 13.0 Å². The molecule has 3 nitrogen and oxygen atoms in total. The minimum absolute atomic E-state index is 0.513. The Balaban J connectivity index is 2.90. The number of ether oxygens (including phenoxy) is 1. The molecule has 0 bridgehead atoms. The normalized spacial score (nSPS) is 9.69. The number of hydrogen-bond acceptors (Lipinski definition) is 2. The number of carbonyl (C=O) groups is 1. The monoisotopic (exact) mass is 219 g/mol. The molecule has 3 heteroatoms. The average Bonchev–Trinajstić information content (AvgIpc) is 2.20. The second kappa shape index (κ2) is 5.35. The van der Waals surface area contributed by atoms with Crippen LogP contribution in [0.1, 0.15) is 18.1 Å². The van der Waals surface area contributed by atoms with Crippen molar-refractivity contribution in [3.05, 3.63) is 35.4 Å². The molecule has 1 aromatic carbocycles. The number of anilines is 1. The number of hydrogen-bond donors (Lipinski definition) is 1. The molecule has 0 saturated heterocycles. The van der Waals surface area contributed by atoms with Crippen molar-refractivity contribution in [1.29, 1.82) is 0 Å². The van der Waals surface area contributed by atoms with E-state index < -0.39 is 0 Å². The number of aryl methyl sites for hydroxylation is 2. The largest absolute Gasteiger partial charge is 0.489 e. The van der Waals surface area contributed by atoms with Crippen LogP contribution >= 0.6 is 0 Å². The minimum atomic E-state index is 0.513. The quantitative estimate of drug-likeness (QED) is 0.611. The first-order valence-corrected chi connectivity index (χ1v) is 5.13. The summed E-state index contributed by atoms with van der Waals surface area (Å²) in [6, 6.07) is 3.81. The van der Waals surface area contributed by atoms with E-state index >= 15 is 0 Å². The van der Waals surface area contributed by atoms with Crippen molar-refractivity contribution in [2.75, 3.05) is 11.9 Å². The third kappa shape index (κ3) is 3.12. The fourth-order valence-corrected chi connectivity index (χ4v) is 1.50. The van der Waals surface area contributed by atoms with Gasteiger partial charge in [0.1, 0.15) is 12.4 Å². The molecule has 0 aromatic heterocycles. The Kier molecular flexibility index (Phi) is 4.11. The summed E-state index contributed by atoms with van der Waals surface area (Å²) in [5.41, 5.74) is 3.80. The molecule has 0 unspecified atom stereocenters. The van der Waals surface area contributed by atoms with Gasteiger partial charge in [-0.25, -0.2) is 0 Å². The number of benzene rings is 1. The van der Waals surface area contributed by atoms with E-state index in [1.807, 2.05) is 32.9 Å². The zero-order valence-electron chi connectivity index (χ0n) is 9.96. The number of nitrogens with one attached hydrogen (secondary N) is 1. The highest BCUT2D eigenvalue weighted by atomic mass is 16.5. The van der Waals surface area contributed by atoms with Gasteiger partial charge in [0.25, 0.3) is 0 Å². The van der Waals surface area contributed by atoms with Gasteiger partial charge >= 0.3 is 0 Å². The third-order valence-electron chi connectivity index (χ3n) is 2.19. The molecule has 0 heterocycles. The van der Waals surface area contributed by atoms with E-state index in [1.165, 1.54) is 0 Å². The van der Waals surface area contributed by atoms with Crippen LogP contribution < -0.4 is 10.1 Å². The molecule has 86 valence electrons. The van der Waals surface area contributed by atoms with E-state index in [9.17, 15) is 4.79 Å². The van der Waals surface area contributed by atoms with Crippen LogP contribution in [0.2, 0.25) is 0 Å². The molecule has 16 heavy (non-hydrogen) atoms. The first-order valence-electron chi connectivity index (χ1n) is 5.13. The van der Waals surface area contributed by atoms with Crippen molar-refractivity contribution in [2.45, 2.75) is 20.8 Å². The topological polar surface area (TPSA) is 38.3 Å². The van der Waals surface area contributed by atoms with Crippen molar-refractivity contribution in [3.63, 3.8) is 0 Å². The lowest BCUT2D eigenvalue weighted by Crippen LogP contribution is -2.02. The van der Waals surface area contributed by atoms with Gasteiger partial charge in [0.2, 0.25) is 6.41 Å². The van der Waals surface area contributed by atoms with Crippen molar-refractivity contribution in [2.24, 2.45) is 0 Å². The van der Waals surface area contributed by atoms with Gasteiger partial charge in [0.05, 0.1) is 0 Å². The van der Waals surface area contributed by atoms with Gasteiger partial charge in [0.15, 0.2) is 0 Å². The SMILES string of the molecule is C=C(C)COc1cc(C)c(NC=O)c(C)c1. The molecule has 1 amide bonds. The first-order chi connectivity index (χ1) is 7.54. The standard InChI is InChI=1S/C13H17NO2/c1-9(2)7-16-12-5-10(3)13(14-8-15)11(4)6-12/h5-6,8H,1,7H2,2-4H3,(H,14,15). The third-order valence-corrected chi connectivity index (χ3v) is 2.19. The van der Waals surface area contributed by atoms with Crippen LogP contribution in [0.25, 0.3) is 0 Å². The van der Waals surface area contributed by atoms with Gasteiger partial charge in [-0.3, -0.25) is 4.79 Å². The summed E-state index contributed by atoms with van der Waals surface area (Å²) in [7, 11) is 0. The molecule has 0 spiro atoms. The molecule has 1 rings (SSSR count). The Morgan fingerprint density at radius 2 is 2.00 bits per heavy atom. The molecule has 0 atom stereocenters. The van der Waals surface area contributed by atoms with Crippen LogP contribution in [-0.2, 0) is 4.79 Å². The van der Waals surface area contributed by atoms with Gasteiger partial charge in [-0.1, -0.05) is 6.58 Å². The molecule has 0 saturated carbocycles. The average molecular weight is 219 g/mol. The van der Waals surface area contributed by atoms with Crippen LogP contribution in [-0.4, -0.2) is 13.0 Å². The summed E-state index contributed by atoms with van der Waals surface area (Å²) in [6.45, 7) is 10.1. The minimum Gasteiger partial charge on any atom is -0.489 e. The Morgan fingerprint density at radius 1 is 1.44 bits per heavy atom. The van der Waals surface area contributed by atoms with E-state index in [1.54, 1.807) is 0 Å². The van der Waals surface area contributed by atoms with Gasteiger partial charge in [-0.2, -0.15) is 0 Å². The predicted octanol–water partition coefficient (Wildman–Crippen LogP) is 2.83. The number of carbonyl (C=O) groups excluding carboxylic acids is 1. The molecule has 0 radical (unpaired) electrons. The molecular formula is C13H17NO2. The van der Waals surface area contributed by atoms with Gasteiger partial charge in [0, 0.05) is 5.69 Å². The maximum atomic E-state index is 10.4. The molecule has 1 N–H and O–H groups in total. The second-order valence-electron chi connectivity index (χ2n) is 3.94. The summed E-state index contributed by atoms with van der Waals surface area (Å²) in [6.07, 6.45) is 0.684. The van der Waals surface area contributed by atoms with Crippen molar-refractivity contribution in [3.8, 4) is 5.75 Å². The lowest BCUT2D eigenvalue weighted by Gasteiger charge is -2.12. The van der Waals surface area contributed by atoms with Crippen molar-refractivity contribution >= 4 is 12.1 Å². The second-order valence-corrected chi connectivity index (χ2v) is 3.94. The van der Waals surface area contributed by atoms with Crippen LogP contribution in [0.3, 0.4) is 0 Å². The van der Waals surface area contributed by atoms with E-state index in [0.717, 1.165) is 28.1 Å². The Hall–Kier alpha value is -1.77. The summed E-state index contributed by atoms with van der Waals surface area (Å²) in [5.74, 6) is 0.800. The van der Waals surface area contributed by atoms with Crippen LogP contribution in [0.5, 0.6) is 5.75 Å². The fraction of sp³-hybridized carbons (Fsp3) is 0.308. The molecule has 0 aliphatic heterocycles. The highest BCUT2D eigenvalue weighted by Crippen LogP contribution is 2.26. The molecular weight excluding hydrogens is 202 g/mol. The number of amides is 1. The Bertz CT molecular complexity index is 387. The Labute approximate surface area is 96.1 Å². The van der Waals surface area contributed by atoms with Gasteiger partial charge < -0.3 is 10.1 Å². The summed E-state index contributed by atoms with van der Waals surface area (Å²) >= 11 is 0. The smallest absolute Gasteiger partial charge is 0.211 e. The zero-order chi connectivity index (χ0) is 12.1. The van der Waals surface area contributed by atoms with Crippen LogP contribution in [0.4, 0.5) is 5.69 Å². The lowest BCUT2D eigenvalue weighted by atomic mass is 10.1. The maximum Gasteiger partial charge on any atom is 0.211 e. The summed E-state index contributed by atoms with van der Waals surface area (Å²) in [4.78, 5) is 10.4. The van der Waals surface area contributed by atoms with E-state index in [-0.39, 0.29) is 0 Å². The van der Waals surface area contributed by atoms with Crippen molar-refractivity contribution in [1.82, 2.24) is 0 Å². The zero-order valence-corrected chi connectivity index (χ0v) is 9.96. The lowest BCUT2D eigenvalue weighted by molar-refractivity contribution is -0.105.